The first-order valence-electron chi connectivity index (χ1n) is 6.72. The molecule has 2 aliphatic rings. The second-order valence-corrected chi connectivity index (χ2v) is 5.14. The molecule has 0 saturated carbocycles. The van der Waals surface area contributed by atoms with E-state index in [2.05, 4.69) is 6.07 Å². The smallest absolute Gasteiger partial charge is 0.214 e. The van der Waals surface area contributed by atoms with E-state index in [0.717, 1.165) is 22.3 Å². The minimum atomic E-state index is -1.34. The molecule has 0 saturated heterocycles. The van der Waals surface area contributed by atoms with Gasteiger partial charge < -0.3 is 9.84 Å². The van der Waals surface area contributed by atoms with Gasteiger partial charge in [0.2, 0.25) is 5.79 Å². The molecule has 2 aliphatic carbocycles. The Hall–Kier alpha value is -2.16. The number of aliphatic hydroxyl groups is 1. The van der Waals surface area contributed by atoms with Crippen LogP contribution in [-0.4, -0.2) is 5.11 Å². The zero-order valence-electron chi connectivity index (χ0n) is 10.9. The quantitative estimate of drug-likeness (QED) is 0.837. The van der Waals surface area contributed by atoms with Crippen LogP contribution in [0.5, 0.6) is 0 Å². The summed E-state index contributed by atoms with van der Waals surface area (Å²) in [6, 6.07) is 15.8. The highest BCUT2D eigenvalue weighted by molar-refractivity contribution is 5.64. The van der Waals surface area contributed by atoms with E-state index in [0.29, 0.717) is 0 Å². The van der Waals surface area contributed by atoms with Crippen molar-refractivity contribution in [2.24, 2.45) is 0 Å². The van der Waals surface area contributed by atoms with E-state index in [1.807, 2.05) is 60.7 Å². The summed E-state index contributed by atoms with van der Waals surface area (Å²) >= 11 is 0. The Bertz CT molecular complexity index is 730. The van der Waals surface area contributed by atoms with Crippen LogP contribution in [0.4, 0.5) is 0 Å². The zero-order valence-corrected chi connectivity index (χ0v) is 10.9. The van der Waals surface area contributed by atoms with Gasteiger partial charge in [-0.05, 0) is 22.8 Å². The van der Waals surface area contributed by atoms with Crippen LogP contribution >= 0.6 is 0 Å². The van der Waals surface area contributed by atoms with E-state index in [9.17, 15) is 5.11 Å². The average molecular weight is 262 g/mol. The first-order valence-corrected chi connectivity index (χ1v) is 6.72. The molecule has 0 fully saturated rings. The van der Waals surface area contributed by atoms with Crippen molar-refractivity contribution in [3.63, 3.8) is 0 Å². The van der Waals surface area contributed by atoms with Gasteiger partial charge in [-0.1, -0.05) is 66.8 Å². The Balaban J connectivity index is 1.69. The Labute approximate surface area is 117 Å². The van der Waals surface area contributed by atoms with Crippen molar-refractivity contribution in [3.05, 3.63) is 82.9 Å². The van der Waals surface area contributed by atoms with Crippen LogP contribution in [-0.2, 0) is 10.5 Å². The monoisotopic (exact) mass is 262 g/mol. The molecule has 2 nitrogen and oxygen atoms in total. The maximum absolute atomic E-state index is 10.8. The maximum atomic E-state index is 10.8. The number of rotatable bonds is 2. The van der Waals surface area contributed by atoms with E-state index in [-0.39, 0.29) is 6.10 Å². The van der Waals surface area contributed by atoms with E-state index in [1.54, 1.807) is 6.08 Å². The maximum Gasteiger partial charge on any atom is 0.214 e. The van der Waals surface area contributed by atoms with Crippen LogP contribution in [0.15, 0.2) is 60.7 Å². The lowest BCUT2D eigenvalue weighted by Crippen LogP contribution is -2.26. The molecule has 0 heterocycles. The first kappa shape index (κ1) is 11.6. The number of ether oxygens (including phenoxy) is 1. The predicted molar refractivity (Wildman–Crippen MR) is 78.7 cm³/mol. The fourth-order valence-corrected chi connectivity index (χ4v) is 2.88. The van der Waals surface area contributed by atoms with Crippen LogP contribution in [0, 0.1) is 0 Å². The molecule has 0 radical (unpaired) electrons. The molecule has 0 aliphatic heterocycles. The molecule has 2 aromatic carbocycles. The molecule has 20 heavy (non-hydrogen) atoms. The minimum absolute atomic E-state index is 0.216. The van der Waals surface area contributed by atoms with Gasteiger partial charge in [-0.2, -0.15) is 0 Å². The fourth-order valence-electron chi connectivity index (χ4n) is 2.88. The molecule has 2 heteroatoms. The molecular weight excluding hydrogens is 248 g/mol. The highest BCUT2D eigenvalue weighted by atomic mass is 16.6. The van der Waals surface area contributed by atoms with Gasteiger partial charge in [0, 0.05) is 5.56 Å². The first-order chi connectivity index (χ1) is 9.76. The summed E-state index contributed by atoms with van der Waals surface area (Å²) in [5.41, 5.74) is 4.05. The molecule has 0 spiro atoms. The molecule has 0 bridgehead atoms. The zero-order chi connectivity index (χ0) is 13.6. The third kappa shape index (κ3) is 1.66. The fraction of sp³-hybridized carbons (Fsp3) is 0.111. The van der Waals surface area contributed by atoms with Crippen molar-refractivity contribution in [2.75, 3.05) is 0 Å². The molecule has 98 valence electrons. The van der Waals surface area contributed by atoms with Gasteiger partial charge >= 0.3 is 0 Å². The van der Waals surface area contributed by atoms with Gasteiger partial charge in [0.25, 0.3) is 0 Å². The van der Waals surface area contributed by atoms with Crippen molar-refractivity contribution >= 4 is 12.2 Å². The van der Waals surface area contributed by atoms with Crippen LogP contribution in [0.2, 0.25) is 0 Å². The van der Waals surface area contributed by atoms with Crippen molar-refractivity contribution in [1.29, 1.82) is 0 Å². The third-order valence-corrected chi connectivity index (χ3v) is 3.90. The summed E-state index contributed by atoms with van der Waals surface area (Å²) in [6.45, 7) is 0. The van der Waals surface area contributed by atoms with Crippen LogP contribution in [0.1, 0.15) is 28.4 Å². The van der Waals surface area contributed by atoms with Crippen molar-refractivity contribution in [1.82, 2.24) is 0 Å². The highest BCUT2D eigenvalue weighted by Crippen LogP contribution is 2.41. The molecule has 2 atom stereocenters. The predicted octanol–water partition coefficient (Wildman–Crippen LogP) is 3.64. The summed E-state index contributed by atoms with van der Waals surface area (Å²) in [5, 5.41) is 10.8. The van der Waals surface area contributed by atoms with E-state index < -0.39 is 5.79 Å². The largest absolute Gasteiger partial charge is 0.359 e. The van der Waals surface area contributed by atoms with Crippen molar-refractivity contribution in [3.8, 4) is 0 Å². The molecule has 0 aromatic heterocycles. The molecular formula is C18H14O2. The van der Waals surface area contributed by atoms with Gasteiger partial charge in [0.1, 0.15) is 6.10 Å². The van der Waals surface area contributed by atoms with Crippen LogP contribution in [0.3, 0.4) is 0 Å². The van der Waals surface area contributed by atoms with Gasteiger partial charge in [-0.25, -0.2) is 0 Å². The number of benzene rings is 2. The lowest BCUT2D eigenvalue weighted by molar-refractivity contribution is -0.193. The SMILES string of the molecule is OC1(OC2C=Cc3ccccc32)C=Cc2ccccc21. The summed E-state index contributed by atoms with van der Waals surface area (Å²) in [4.78, 5) is 0. The van der Waals surface area contributed by atoms with Crippen molar-refractivity contribution in [2.45, 2.75) is 11.9 Å². The lowest BCUT2D eigenvalue weighted by Gasteiger charge is -2.27. The second kappa shape index (κ2) is 4.17. The molecule has 0 amide bonds. The Morgan fingerprint density at radius 1 is 0.900 bits per heavy atom. The Morgan fingerprint density at radius 3 is 2.55 bits per heavy atom. The van der Waals surface area contributed by atoms with Gasteiger partial charge in [0.05, 0.1) is 0 Å². The van der Waals surface area contributed by atoms with Gasteiger partial charge in [-0.3, -0.25) is 0 Å². The summed E-state index contributed by atoms with van der Waals surface area (Å²) < 4.78 is 5.99. The second-order valence-electron chi connectivity index (χ2n) is 5.14. The van der Waals surface area contributed by atoms with Crippen LogP contribution < -0.4 is 0 Å². The number of hydrogen-bond acceptors (Lipinski definition) is 2. The molecule has 4 rings (SSSR count). The lowest BCUT2D eigenvalue weighted by atomic mass is 10.1. The highest BCUT2D eigenvalue weighted by Gasteiger charge is 2.36. The normalized spacial score (nSPS) is 25.8. The third-order valence-electron chi connectivity index (χ3n) is 3.90. The average Bonchev–Trinajstić information content (AvgIpc) is 3.03. The summed E-state index contributed by atoms with van der Waals surface area (Å²) in [7, 11) is 0. The Morgan fingerprint density at radius 2 is 1.65 bits per heavy atom. The van der Waals surface area contributed by atoms with E-state index in [1.165, 1.54) is 0 Å². The van der Waals surface area contributed by atoms with Gasteiger partial charge in [0.15, 0.2) is 0 Å². The van der Waals surface area contributed by atoms with Gasteiger partial charge in [-0.15, -0.1) is 0 Å². The number of fused-ring (bicyclic) bond motifs is 2. The number of hydrogen-bond donors (Lipinski definition) is 1. The minimum Gasteiger partial charge on any atom is -0.359 e. The van der Waals surface area contributed by atoms with E-state index >= 15 is 0 Å². The molecule has 2 aromatic rings. The van der Waals surface area contributed by atoms with Crippen molar-refractivity contribution < 1.29 is 9.84 Å². The topological polar surface area (TPSA) is 29.5 Å². The summed E-state index contributed by atoms with van der Waals surface area (Å²) in [6.07, 6.45) is 7.42. The summed E-state index contributed by atoms with van der Waals surface area (Å²) in [5.74, 6) is -1.34. The van der Waals surface area contributed by atoms with E-state index in [4.69, 9.17) is 4.74 Å². The Kier molecular flexibility index (Phi) is 2.43. The standard InChI is InChI=1S/C18H14O2/c19-18(12-11-14-6-2-4-8-16(14)18)20-17-10-9-13-5-1-3-7-15(13)17/h1-12,17,19H. The van der Waals surface area contributed by atoms with Crippen LogP contribution in [0.25, 0.3) is 12.2 Å². The molecule has 1 N–H and O–H groups in total. The molecule has 2 unspecified atom stereocenters.